The molecule has 0 atom stereocenters. The maximum Gasteiger partial charge on any atom is 0.251 e. The minimum atomic E-state index is -0.766. The number of carbonyl (C=O) groups is 2. The second-order valence-corrected chi connectivity index (χ2v) is 6.79. The lowest BCUT2D eigenvalue weighted by atomic mass is 9.85. The molecule has 0 heterocycles. The number of hydrogen-bond acceptors (Lipinski definition) is 3. The third-order valence-electron chi connectivity index (χ3n) is 4.68. The smallest absolute Gasteiger partial charge is 0.251 e. The van der Waals surface area contributed by atoms with Crippen molar-refractivity contribution in [3.05, 3.63) is 35.4 Å². The molecule has 0 aliphatic heterocycles. The number of benzene rings is 1. The highest BCUT2D eigenvalue weighted by Crippen LogP contribution is 2.27. The van der Waals surface area contributed by atoms with Gasteiger partial charge in [-0.2, -0.15) is 0 Å². The van der Waals surface area contributed by atoms with Crippen LogP contribution < -0.4 is 10.6 Å². The second-order valence-electron chi connectivity index (χ2n) is 6.79. The van der Waals surface area contributed by atoms with Crippen molar-refractivity contribution >= 4 is 11.8 Å². The Morgan fingerprint density at radius 3 is 2.13 bits per heavy atom. The van der Waals surface area contributed by atoms with Gasteiger partial charge in [0.1, 0.15) is 0 Å². The predicted octanol–water partition coefficient (Wildman–Crippen LogP) is 2.00. The summed E-state index contributed by atoms with van der Waals surface area (Å²) in [5.41, 5.74) is 0.310. The summed E-state index contributed by atoms with van der Waals surface area (Å²) in [5, 5.41) is 16.1. The van der Waals surface area contributed by atoms with Crippen LogP contribution >= 0.6 is 0 Å². The maximum absolute atomic E-state index is 12.2. The summed E-state index contributed by atoms with van der Waals surface area (Å²) in [6.45, 7) is 0.287. The highest BCUT2D eigenvalue weighted by atomic mass is 16.3. The summed E-state index contributed by atoms with van der Waals surface area (Å²) in [5.74, 6) is -0.297. The van der Waals surface area contributed by atoms with Crippen LogP contribution in [0.3, 0.4) is 0 Å². The van der Waals surface area contributed by atoms with E-state index < -0.39 is 5.60 Å². The quantitative estimate of drug-likeness (QED) is 0.777. The molecule has 2 amide bonds. The normalized spacial score (nSPS) is 19.9. The molecule has 2 saturated carbocycles. The average Bonchev–Trinajstić information content (AvgIpc) is 3.37. The molecule has 0 unspecified atom stereocenters. The molecule has 1 aromatic carbocycles. The standard InChI is InChI=1S/C18H24N2O3/c21-16(19-12-18(23)10-2-1-3-11-18)13-4-6-14(7-5-13)17(22)20-15-8-9-15/h4-7,15,23H,1-3,8-12H2,(H,19,21)(H,20,22). The Bertz CT molecular complexity index is 572. The summed E-state index contributed by atoms with van der Waals surface area (Å²) in [6, 6.07) is 6.97. The first-order valence-electron chi connectivity index (χ1n) is 8.47. The molecular formula is C18H24N2O3. The maximum atomic E-state index is 12.2. The van der Waals surface area contributed by atoms with E-state index in [4.69, 9.17) is 0 Å². The van der Waals surface area contributed by atoms with Gasteiger partial charge in [-0.3, -0.25) is 9.59 Å². The van der Waals surface area contributed by atoms with Gasteiger partial charge in [-0.1, -0.05) is 19.3 Å². The zero-order chi connectivity index (χ0) is 16.3. The van der Waals surface area contributed by atoms with Crippen molar-refractivity contribution in [1.29, 1.82) is 0 Å². The van der Waals surface area contributed by atoms with E-state index in [2.05, 4.69) is 10.6 Å². The Kier molecular flexibility index (Phi) is 4.66. The molecule has 124 valence electrons. The van der Waals surface area contributed by atoms with Crippen molar-refractivity contribution in [2.45, 2.75) is 56.6 Å². The lowest BCUT2D eigenvalue weighted by molar-refractivity contribution is 0.00525. The van der Waals surface area contributed by atoms with Crippen LogP contribution in [0.4, 0.5) is 0 Å². The van der Waals surface area contributed by atoms with E-state index in [1.807, 2.05) is 0 Å². The van der Waals surface area contributed by atoms with Gasteiger partial charge in [0, 0.05) is 23.7 Å². The monoisotopic (exact) mass is 316 g/mol. The molecule has 2 aliphatic carbocycles. The second kappa shape index (κ2) is 6.71. The van der Waals surface area contributed by atoms with Crippen LogP contribution in [0, 0.1) is 0 Å². The van der Waals surface area contributed by atoms with Crippen molar-refractivity contribution in [2.75, 3.05) is 6.54 Å². The SMILES string of the molecule is O=C(NCC1(O)CCCCC1)c1ccc(C(=O)NC2CC2)cc1. The minimum Gasteiger partial charge on any atom is -0.388 e. The largest absolute Gasteiger partial charge is 0.388 e. The van der Waals surface area contributed by atoms with Crippen LogP contribution in [-0.2, 0) is 0 Å². The van der Waals surface area contributed by atoms with Gasteiger partial charge in [0.15, 0.2) is 0 Å². The van der Waals surface area contributed by atoms with E-state index in [1.165, 1.54) is 0 Å². The summed E-state index contributed by atoms with van der Waals surface area (Å²) >= 11 is 0. The fraction of sp³-hybridized carbons (Fsp3) is 0.556. The predicted molar refractivity (Wildman–Crippen MR) is 87.3 cm³/mol. The van der Waals surface area contributed by atoms with E-state index in [0.29, 0.717) is 17.2 Å². The van der Waals surface area contributed by atoms with Gasteiger partial charge < -0.3 is 15.7 Å². The lowest BCUT2D eigenvalue weighted by Crippen LogP contribution is -2.44. The lowest BCUT2D eigenvalue weighted by Gasteiger charge is -2.32. The Labute approximate surface area is 136 Å². The number of carbonyl (C=O) groups excluding carboxylic acids is 2. The van der Waals surface area contributed by atoms with Crippen molar-refractivity contribution in [2.24, 2.45) is 0 Å². The first-order chi connectivity index (χ1) is 11.1. The van der Waals surface area contributed by atoms with Crippen LogP contribution in [0.2, 0.25) is 0 Å². The molecule has 0 radical (unpaired) electrons. The fourth-order valence-corrected chi connectivity index (χ4v) is 3.00. The highest BCUT2D eigenvalue weighted by molar-refractivity contribution is 5.98. The van der Waals surface area contributed by atoms with Gasteiger partial charge >= 0.3 is 0 Å². The van der Waals surface area contributed by atoms with E-state index in [1.54, 1.807) is 24.3 Å². The first kappa shape index (κ1) is 16.0. The van der Waals surface area contributed by atoms with Crippen molar-refractivity contribution in [3.63, 3.8) is 0 Å². The van der Waals surface area contributed by atoms with Crippen LogP contribution in [0.1, 0.15) is 65.7 Å². The third-order valence-corrected chi connectivity index (χ3v) is 4.68. The van der Waals surface area contributed by atoms with E-state index >= 15 is 0 Å². The topological polar surface area (TPSA) is 78.4 Å². The molecule has 2 fully saturated rings. The molecule has 1 aromatic rings. The van der Waals surface area contributed by atoms with Gasteiger partial charge in [0.05, 0.1) is 5.60 Å². The number of nitrogens with one attached hydrogen (secondary N) is 2. The molecule has 3 N–H and O–H groups in total. The Morgan fingerprint density at radius 1 is 1.00 bits per heavy atom. The Balaban J connectivity index is 1.53. The summed E-state index contributed by atoms with van der Waals surface area (Å²) in [4.78, 5) is 24.1. The number of hydrogen-bond donors (Lipinski definition) is 3. The fourth-order valence-electron chi connectivity index (χ4n) is 3.00. The van der Waals surface area contributed by atoms with Crippen molar-refractivity contribution < 1.29 is 14.7 Å². The summed E-state index contributed by atoms with van der Waals surface area (Å²) < 4.78 is 0. The van der Waals surface area contributed by atoms with E-state index in [9.17, 15) is 14.7 Å². The molecule has 0 spiro atoms. The van der Waals surface area contributed by atoms with Gasteiger partial charge in [0.25, 0.3) is 11.8 Å². The molecule has 0 aromatic heterocycles. The molecule has 2 aliphatic rings. The number of rotatable bonds is 5. The van der Waals surface area contributed by atoms with Crippen LogP contribution in [-0.4, -0.2) is 35.1 Å². The minimum absolute atomic E-state index is 0.0871. The molecule has 0 saturated heterocycles. The molecule has 5 heteroatoms. The van der Waals surface area contributed by atoms with E-state index in [0.717, 1.165) is 44.9 Å². The zero-order valence-corrected chi connectivity index (χ0v) is 13.3. The molecule has 3 rings (SSSR count). The molecular weight excluding hydrogens is 292 g/mol. The third kappa shape index (κ3) is 4.32. The van der Waals surface area contributed by atoms with Gasteiger partial charge in [0.2, 0.25) is 0 Å². The van der Waals surface area contributed by atoms with Gasteiger partial charge in [-0.05, 0) is 49.9 Å². The van der Waals surface area contributed by atoms with Crippen LogP contribution in [0.5, 0.6) is 0 Å². The van der Waals surface area contributed by atoms with Crippen LogP contribution in [0.15, 0.2) is 24.3 Å². The molecule has 0 bridgehead atoms. The van der Waals surface area contributed by atoms with Crippen molar-refractivity contribution in [1.82, 2.24) is 10.6 Å². The van der Waals surface area contributed by atoms with Crippen molar-refractivity contribution in [3.8, 4) is 0 Å². The van der Waals surface area contributed by atoms with Gasteiger partial charge in [-0.25, -0.2) is 0 Å². The summed E-state index contributed by atoms with van der Waals surface area (Å²) in [7, 11) is 0. The first-order valence-corrected chi connectivity index (χ1v) is 8.47. The van der Waals surface area contributed by atoms with Crippen LogP contribution in [0.25, 0.3) is 0 Å². The summed E-state index contributed by atoms with van der Waals surface area (Å²) in [6.07, 6.45) is 6.76. The number of amides is 2. The molecule has 23 heavy (non-hydrogen) atoms. The Hall–Kier alpha value is -1.88. The Morgan fingerprint density at radius 2 is 1.57 bits per heavy atom. The number of aliphatic hydroxyl groups is 1. The van der Waals surface area contributed by atoms with E-state index in [-0.39, 0.29) is 18.4 Å². The highest BCUT2D eigenvalue weighted by Gasteiger charge is 2.29. The average molecular weight is 316 g/mol. The zero-order valence-electron chi connectivity index (χ0n) is 13.3. The molecule has 5 nitrogen and oxygen atoms in total. The van der Waals surface area contributed by atoms with Gasteiger partial charge in [-0.15, -0.1) is 0 Å².